The zero-order chi connectivity index (χ0) is 17.0. The Hall–Kier alpha value is -2.55. The summed E-state index contributed by atoms with van der Waals surface area (Å²) in [6, 6.07) is 29.0. The van der Waals surface area contributed by atoms with Crippen LogP contribution in [0.15, 0.2) is 91.0 Å². The van der Waals surface area contributed by atoms with E-state index in [0.717, 1.165) is 30.3 Å². The van der Waals surface area contributed by atoms with Crippen molar-refractivity contribution in [3.63, 3.8) is 0 Å². The first-order valence-electron chi connectivity index (χ1n) is 8.22. The van der Waals surface area contributed by atoms with Gasteiger partial charge >= 0.3 is 8.09 Å². The number of nitrogens with zero attached hydrogens (tertiary/aromatic N) is 1. The molecule has 3 aromatic rings. The fourth-order valence-electron chi connectivity index (χ4n) is 2.36. The standard InChI is InChI=1S/C20H19NO3P/c1-4-10-18(11-5-1)22-25(21-16-17-21,23-19-12-6-2-7-13-19)24-20-14-8-3-9-15-20/h1-15H,16-17H2/q+1. The average Bonchev–Trinajstić information content (AvgIpc) is 3.50. The normalized spacial score (nSPS) is 13.9. The van der Waals surface area contributed by atoms with Gasteiger partial charge in [0, 0.05) is 0 Å². The summed E-state index contributed by atoms with van der Waals surface area (Å²) in [5, 5.41) is 0. The molecular weight excluding hydrogens is 333 g/mol. The molecule has 0 N–H and O–H groups in total. The van der Waals surface area contributed by atoms with Crippen LogP contribution in [0.25, 0.3) is 0 Å². The van der Waals surface area contributed by atoms with Crippen LogP contribution in [0.4, 0.5) is 0 Å². The second-order valence-corrected chi connectivity index (χ2v) is 7.69. The van der Waals surface area contributed by atoms with Gasteiger partial charge in [-0.2, -0.15) is 0 Å². The van der Waals surface area contributed by atoms with Crippen molar-refractivity contribution >= 4 is 8.09 Å². The van der Waals surface area contributed by atoms with Gasteiger partial charge in [0.05, 0.1) is 13.1 Å². The Morgan fingerprint density at radius 1 is 0.520 bits per heavy atom. The van der Waals surface area contributed by atoms with Gasteiger partial charge in [0.25, 0.3) is 0 Å². The SMILES string of the molecule is c1ccc(O[P+](Oc2ccccc2)(Oc2ccccc2)N2CC2)cc1. The van der Waals surface area contributed by atoms with E-state index in [-0.39, 0.29) is 0 Å². The van der Waals surface area contributed by atoms with Crippen molar-refractivity contribution in [2.45, 2.75) is 0 Å². The van der Waals surface area contributed by atoms with Crippen LogP contribution in [0.2, 0.25) is 0 Å². The summed E-state index contributed by atoms with van der Waals surface area (Å²) in [5.41, 5.74) is 0. The highest BCUT2D eigenvalue weighted by Gasteiger charge is 2.63. The predicted octanol–water partition coefficient (Wildman–Crippen LogP) is 5.22. The summed E-state index contributed by atoms with van der Waals surface area (Å²) in [7, 11) is -2.79. The van der Waals surface area contributed by atoms with E-state index in [1.807, 2.05) is 91.0 Å². The molecule has 1 saturated heterocycles. The van der Waals surface area contributed by atoms with Gasteiger partial charge in [0.2, 0.25) is 0 Å². The van der Waals surface area contributed by atoms with Crippen LogP contribution in [-0.2, 0) is 0 Å². The molecular formula is C20H19NO3P+. The Labute approximate surface area is 148 Å². The van der Waals surface area contributed by atoms with E-state index in [0.29, 0.717) is 0 Å². The minimum absolute atomic E-state index is 0.731. The van der Waals surface area contributed by atoms with Crippen molar-refractivity contribution < 1.29 is 13.6 Å². The summed E-state index contributed by atoms with van der Waals surface area (Å²) >= 11 is 0. The molecule has 0 radical (unpaired) electrons. The molecule has 0 atom stereocenters. The third-order valence-electron chi connectivity index (χ3n) is 3.66. The number of para-hydroxylation sites is 3. The number of hydrogen-bond acceptors (Lipinski definition) is 4. The highest BCUT2D eigenvalue weighted by Crippen LogP contribution is 2.66. The van der Waals surface area contributed by atoms with Crippen molar-refractivity contribution in [1.29, 1.82) is 0 Å². The molecule has 1 heterocycles. The Balaban J connectivity index is 1.69. The summed E-state index contributed by atoms with van der Waals surface area (Å²) in [5.74, 6) is 2.19. The highest BCUT2D eigenvalue weighted by atomic mass is 31.2. The van der Waals surface area contributed by atoms with E-state index in [1.165, 1.54) is 0 Å². The van der Waals surface area contributed by atoms with Gasteiger partial charge in [0.15, 0.2) is 17.2 Å². The van der Waals surface area contributed by atoms with Crippen LogP contribution in [-0.4, -0.2) is 17.8 Å². The second kappa shape index (κ2) is 7.14. The van der Waals surface area contributed by atoms with E-state index in [2.05, 4.69) is 4.67 Å². The van der Waals surface area contributed by atoms with Crippen LogP contribution in [0.1, 0.15) is 0 Å². The Bertz CT molecular complexity index is 694. The molecule has 0 spiro atoms. The maximum atomic E-state index is 6.33. The Morgan fingerprint density at radius 3 is 1.12 bits per heavy atom. The molecule has 1 aliphatic rings. The van der Waals surface area contributed by atoms with Crippen molar-refractivity contribution in [1.82, 2.24) is 4.67 Å². The first-order chi connectivity index (χ1) is 12.3. The lowest BCUT2D eigenvalue weighted by Gasteiger charge is -2.22. The average molecular weight is 352 g/mol. The van der Waals surface area contributed by atoms with Crippen LogP contribution in [0, 0.1) is 0 Å². The smallest absolute Gasteiger partial charge is 0.257 e. The van der Waals surface area contributed by atoms with E-state index in [4.69, 9.17) is 13.6 Å². The molecule has 4 nitrogen and oxygen atoms in total. The van der Waals surface area contributed by atoms with E-state index in [1.54, 1.807) is 0 Å². The first kappa shape index (κ1) is 15.9. The summed E-state index contributed by atoms with van der Waals surface area (Å²) in [6.07, 6.45) is 0. The maximum Gasteiger partial charge on any atom is 0.641 e. The maximum absolute atomic E-state index is 6.33. The molecule has 0 unspecified atom stereocenters. The molecule has 0 amide bonds. The number of rotatable bonds is 7. The van der Waals surface area contributed by atoms with Crippen molar-refractivity contribution in [2.24, 2.45) is 0 Å². The third kappa shape index (κ3) is 3.93. The van der Waals surface area contributed by atoms with E-state index in [9.17, 15) is 0 Å². The Morgan fingerprint density at radius 2 is 0.840 bits per heavy atom. The summed E-state index contributed by atoms with van der Waals surface area (Å²) in [4.78, 5) is 0. The van der Waals surface area contributed by atoms with Crippen molar-refractivity contribution in [2.75, 3.05) is 13.1 Å². The molecule has 126 valence electrons. The van der Waals surface area contributed by atoms with Crippen LogP contribution < -0.4 is 13.6 Å². The molecule has 25 heavy (non-hydrogen) atoms. The molecule has 1 aliphatic heterocycles. The number of hydrogen-bond donors (Lipinski definition) is 0. The molecule has 0 saturated carbocycles. The quantitative estimate of drug-likeness (QED) is 0.431. The lowest BCUT2D eigenvalue weighted by Crippen LogP contribution is -2.22. The number of benzene rings is 3. The first-order valence-corrected chi connectivity index (χ1v) is 9.72. The molecule has 0 aromatic heterocycles. The minimum atomic E-state index is -2.79. The molecule has 4 rings (SSSR count). The predicted molar refractivity (Wildman–Crippen MR) is 99.7 cm³/mol. The topological polar surface area (TPSA) is 30.7 Å². The van der Waals surface area contributed by atoms with Gasteiger partial charge in [-0.25, -0.2) is 0 Å². The zero-order valence-electron chi connectivity index (χ0n) is 13.7. The zero-order valence-corrected chi connectivity index (χ0v) is 14.6. The van der Waals surface area contributed by atoms with Crippen LogP contribution in [0.5, 0.6) is 17.2 Å². The summed E-state index contributed by atoms with van der Waals surface area (Å²) in [6.45, 7) is 1.78. The van der Waals surface area contributed by atoms with Gasteiger partial charge in [-0.1, -0.05) is 59.3 Å². The van der Waals surface area contributed by atoms with Gasteiger partial charge in [-0.05, 0) is 36.4 Å². The third-order valence-corrected chi connectivity index (χ3v) is 6.08. The van der Waals surface area contributed by atoms with Crippen LogP contribution >= 0.6 is 8.09 Å². The Kier molecular flexibility index (Phi) is 4.55. The monoisotopic (exact) mass is 352 g/mol. The summed E-state index contributed by atoms with van der Waals surface area (Å²) < 4.78 is 21.1. The van der Waals surface area contributed by atoms with Crippen molar-refractivity contribution in [3.05, 3.63) is 91.0 Å². The highest BCUT2D eigenvalue weighted by molar-refractivity contribution is 7.60. The minimum Gasteiger partial charge on any atom is -0.257 e. The van der Waals surface area contributed by atoms with Gasteiger partial charge in [-0.15, -0.1) is 0 Å². The fraction of sp³-hybridized carbons (Fsp3) is 0.100. The van der Waals surface area contributed by atoms with Gasteiger partial charge in [-0.3, -0.25) is 13.6 Å². The van der Waals surface area contributed by atoms with Gasteiger partial charge in [0.1, 0.15) is 0 Å². The fourth-order valence-corrected chi connectivity index (χ4v) is 4.56. The molecule has 3 aromatic carbocycles. The van der Waals surface area contributed by atoms with Crippen LogP contribution in [0.3, 0.4) is 0 Å². The van der Waals surface area contributed by atoms with E-state index < -0.39 is 8.09 Å². The molecule has 0 aliphatic carbocycles. The molecule has 5 heteroatoms. The largest absolute Gasteiger partial charge is 0.641 e. The van der Waals surface area contributed by atoms with E-state index >= 15 is 0 Å². The lowest BCUT2D eigenvalue weighted by molar-refractivity contribution is 0.316. The van der Waals surface area contributed by atoms with Gasteiger partial charge < -0.3 is 0 Å². The molecule has 1 fully saturated rings. The van der Waals surface area contributed by atoms with Crippen molar-refractivity contribution in [3.8, 4) is 17.2 Å². The molecule has 0 bridgehead atoms. The second-order valence-electron chi connectivity index (χ2n) is 5.64. The lowest BCUT2D eigenvalue weighted by atomic mass is 10.3.